The van der Waals surface area contributed by atoms with Gasteiger partial charge in [-0.3, -0.25) is 4.79 Å². The molecule has 2 aromatic rings. The van der Waals surface area contributed by atoms with Crippen molar-refractivity contribution in [2.75, 3.05) is 13.1 Å². The van der Waals surface area contributed by atoms with Crippen LogP contribution >= 0.6 is 12.4 Å². The number of nitrogens with one attached hydrogen (secondary N) is 2. The Hall–Kier alpha value is -1.92. The van der Waals surface area contributed by atoms with E-state index < -0.39 is 0 Å². The fourth-order valence-corrected chi connectivity index (χ4v) is 3.72. The van der Waals surface area contributed by atoms with Crippen molar-refractivity contribution in [1.82, 2.24) is 25.6 Å². The minimum absolute atomic E-state index is 0. The SMILES string of the molecule is CCC(NC(=O)c1cn(C2CCNCC2)nn1)C(C)(C)c1ccccc1.Cl. The molecule has 6 nitrogen and oxygen atoms in total. The van der Waals surface area contributed by atoms with E-state index in [-0.39, 0.29) is 29.8 Å². The second-order valence-electron chi connectivity index (χ2n) is 7.59. The Labute approximate surface area is 167 Å². The van der Waals surface area contributed by atoms with E-state index >= 15 is 0 Å². The average molecular weight is 392 g/mol. The lowest BCUT2D eigenvalue weighted by atomic mass is 9.76. The van der Waals surface area contributed by atoms with Crippen LogP contribution in [0.4, 0.5) is 0 Å². The lowest BCUT2D eigenvalue weighted by Crippen LogP contribution is -2.47. The quantitative estimate of drug-likeness (QED) is 0.793. The topological polar surface area (TPSA) is 71.8 Å². The van der Waals surface area contributed by atoms with Crippen LogP contribution < -0.4 is 10.6 Å². The van der Waals surface area contributed by atoms with Crippen molar-refractivity contribution in [1.29, 1.82) is 0 Å². The van der Waals surface area contributed by atoms with Gasteiger partial charge in [-0.05, 0) is 37.9 Å². The number of carbonyl (C=O) groups is 1. The van der Waals surface area contributed by atoms with Gasteiger partial charge in [-0.15, -0.1) is 17.5 Å². The molecule has 0 aliphatic carbocycles. The number of carbonyl (C=O) groups excluding carboxylic acids is 1. The summed E-state index contributed by atoms with van der Waals surface area (Å²) in [4.78, 5) is 12.7. The van der Waals surface area contributed by atoms with Crippen LogP contribution in [0.2, 0.25) is 0 Å². The third-order valence-corrected chi connectivity index (χ3v) is 5.53. The first kappa shape index (κ1) is 21.4. The molecule has 0 spiro atoms. The maximum absolute atomic E-state index is 12.7. The molecule has 2 N–H and O–H groups in total. The van der Waals surface area contributed by atoms with E-state index in [0.717, 1.165) is 32.4 Å². The summed E-state index contributed by atoms with van der Waals surface area (Å²) in [5.74, 6) is -0.152. The van der Waals surface area contributed by atoms with Crippen LogP contribution in [0.5, 0.6) is 0 Å². The Morgan fingerprint density at radius 3 is 2.59 bits per heavy atom. The van der Waals surface area contributed by atoms with Crippen molar-refractivity contribution in [3.05, 3.63) is 47.8 Å². The Balaban J connectivity index is 0.00000261. The standard InChI is InChI=1S/C20H29N5O.ClH/c1-4-18(20(2,3)15-8-6-5-7-9-15)22-19(26)17-14-25(24-23-17)16-10-12-21-13-11-16;/h5-9,14,16,18,21H,4,10-13H2,1-3H3,(H,22,26);1H. The number of nitrogens with zero attached hydrogens (tertiary/aromatic N) is 3. The molecule has 1 unspecified atom stereocenters. The van der Waals surface area contributed by atoms with Gasteiger partial charge in [0.25, 0.3) is 5.91 Å². The van der Waals surface area contributed by atoms with E-state index in [9.17, 15) is 4.79 Å². The van der Waals surface area contributed by atoms with Gasteiger partial charge in [-0.1, -0.05) is 56.3 Å². The minimum Gasteiger partial charge on any atom is -0.347 e. The summed E-state index contributed by atoms with van der Waals surface area (Å²) in [7, 11) is 0. The molecule has 27 heavy (non-hydrogen) atoms. The molecule has 7 heteroatoms. The maximum atomic E-state index is 12.7. The summed E-state index contributed by atoms with van der Waals surface area (Å²) >= 11 is 0. The summed E-state index contributed by atoms with van der Waals surface area (Å²) in [6.07, 6.45) is 4.66. The highest BCUT2D eigenvalue weighted by Gasteiger charge is 2.32. The van der Waals surface area contributed by atoms with Gasteiger partial charge in [-0.2, -0.15) is 0 Å². The molecule has 0 saturated carbocycles. The van der Waals surface area contributed by atoms with Crippen molar-refractivity contribution in [3.8, 4) is 0 Å². The number of aromatic nitrogens is 3. The third kappa shape index (κ3) is 4.87. The first-order valence-corrected chi connectivity index (χ1v) is 9.51. The van der Waals surface area contributed by atoms with Gasteiger partial charge in [0.2, 0.25) is 0 Å². The van der Waals surface area contributed by atoms with Crippen LogP contribution in [0, 0.1) is 0 Å². The van der Waals surface area contributed by atoms with Crippen molar-refractivity contribution in [2.24, 2.45) is 0 Å². The monoisotopic (exact) mass is 391 g/mol. The number of piperidine rings is 1. The normalized spacial score (nSPS) is 16.4. The summed E-state index contributed by atoms with van der Waals surface area (Å²) in [5.41, 5.74) is 1.44. The van der Waals surface area contributed by atoms with Crippen molar-refractivity contribution < 1.29 is 4.79 Å². The van der Waals surface area contributed by atoms with Gasteiger partial charge in [0.05, 0.1) is 12.2 Å². The van der Waals surface area contributed by atoms with E-state index in [2.05, 4.69) is 53.8 Å². The molecule has 1 aromatic heterocycles. The molecule has 148 valence electrons. The van der Waals surface area contributed by atoms with E-state index in [1.807, 2.05) is 22.9 Å². The zero-order valence-electron chi connectivity index (χ0n) is 16.3. The highest BCUT2D eigenvalue weighted by molar-refractivity contribution is 5.92. The maximum Gasteiger partial charge on any atom is 0.273 e. The van der Waals surface area contributed by atoms with Crippen molar-refractivity contribution in [2.45, 2.75) is 57.5 Å². The van der Waals surface area contributed by atoms with E-state index in [4.69, 9.17) is 0 Å². The molecular weight excluding hydrogens is 362 g/mol. The third-order valence-electron chi connectivity index (χ3n) is 5.53. The molecule has 1 aliphatic heterocycles. The average Bonchev–Trinajstić information content (AvgIpc) is 3.17. The molecule has 2 heterocycles. The summed E-state index contributed by atoms with van der Waals surface area (Å²) < 4.78 is 1.85. The molecule has 3 rings (SSSR count). The summed E-state index contributed by atoms with van der Waals surface area (Å²) in [6, 6.07) is 10.7. The number of rotatable bonds is 6. The summed E-state index contributed by atoms with van der Waals surface area (Å²) in [6.45, 7) is 8.40. The van der Waals surface area contributed by atoms with E-state index in [1.54, 1.807) is 6.20 Å². The predicted octanol–water partition coefficient (Wildman–Crippen LogP) is 3.11. The smallest absolute Gasteiger partial charge is 0.273 e. The fraction of sp³-hybridized carbons (Fsp3) is 0.550. The predicted molar refractivity (Wildman–Crippen MR) is 109 cm³/mol. The molecule has 1 saturated heterocycles. The Bertz CT molecular complexity index is 725. The van der Waals surface area contributed by atoms with Gasteiger partial charge in [0.1, 0.15) is 0 Å². The van der Waals surface area contributed by atoms with Gasteiger partial charge in [0, 0.05) is 11.5 Å². The molecule has 1 aromatic carbocycles. The number of hydrogen-bond acceptors (Lipinski definition) is 4. The Kier molecular flexibility index (Phi) is 7.39. The first-order valence-electron chi connectivity index (χ1n) is 9.51. The zero-order valence-corrected chi connectivity index (χ0v) is 17.1. The van der Waals surface area contributed by atoms with Crippen molar-refractivity contribution >= 4 is 18.3 Å². The van der Waals surface area contributed by atoms with Crippen LogP contribution in [0.15, 0.2) is 36.5 Å². The first-order chi connectivity index (χ1) is 12.5. The highest BCUT2D eigenvalue weighted by Crippen LogP contribution is 2.29. The van der Waals surface area contributed by atoms with Crippen LogP contribution in [0.25, 0.3) is 0 Å². The van der Waals surface area contributed by atoms with Crippen LogP contribution in [0.3, 0.4) is 0 Å². The molecule has 1 amide bonds. The summed E-state index contributed by atoms with van der Waals surface area (Å²) in [5, 5.41) is 14.8. The second-order valence-corrected chi connectivity index (χ2v) is 7.59. The van der Waals surface area contributed by atoms with E-state index in [1.165, 1.54) is 5.56 Å². The number of amides is 1. The number of benzene rings is 1. The zero-order chi connectivity index (χ0) is 18.6. The fourth-order valence-electron chi connectivity index (χ4n) is 3.72. The number of hydrogen-bond donors (Lipinski definition) is 2. The van der Waals surface area contributed by atoms with Crippen LogP contribution in [0.1, 0.15) is 62.1 Å². The number of halogens is 1. The van der Waals surface area contributed by atoms with Gasteiger partial charge < -0.3 is 10.6 Å². The molecule has 0 bridgehead atoms. The van der Waals surface area contributed by atoms with Gasteiger partial charge in [-0.25, -0.2) is 4.68 Å². The Morgan fingerprint density at radius 1 is 1.30 bits per heavy atom. The molecule has 1 aliphatic rings. The molecule has 1 fully saturated rings. The van der Waals surface area contributed by atoms with Gasteiger partial charge >= 0.3 is 0 Å². The molecular formula is C20H30ClN5O. The van der Waals surface area contributed by atoms with E-state index in [0.29, 0.717) is 11.7 Å². The molecule has 1 atom stereocenters. The minimum atomic E-state index is -0.170. The van der Waals surface area contributed by atoms with Crippen LogP contribution in [-0.2, 0) is 5.41 Å². The Morgan fingerprint density at radius 2 is 1.96 bits per heavy atom. The largest absolute Gasteiger partial charge is 0.347 e. The van der Waals surface area contributed by atoms with Crippen LogP contribution in [-0.4, -0.2) is 40.0 Å². The van der Waals surface area contributed by atoms with Gasteiger partial charge in [0.15, 0.2) is 5.69 Å². The lowest BCUT2D eigenvalue weighted by Gasteiger charge is -2.34. The second kappa shape index (κ2) is 9.33. The molecule has 0 radical (unpaired) electrons. The lowest BCUT2D eigenvalue weighted by molar-refractivity contribution is 0.0911. The highest BCUT2D eigenvalue weighted by atomic mass is 35.5. The van der Waals surface area contributed by atoms with Crippen molar-refractivity contribution in [3.63, 3.8) is 0 Å².